The van der Waals surface area contributed by atoms with E-state index in [1.165, 1.54) is 35.0 Å². The lowest BCUT2D eigenvalue weighted by Gasteiger charge is -2.30. The highest BCUT2D eigenvalue weighted by Crippen LogP contribution is 2.31. The van der Waals surface area contributed by atoms with Gasteiger partial charge in [-0.1, -0.05) is 36.4 Å². The van der Waals surface area contributed by atoms with E-state index in [2.05, 4.69) is 40.0 Å². The highest BCUT2D eigenvalue weighted by atomic mass is 35.5. The maximum Gasteiger partial charge on any atom is 0.258 e. The van der Waals surface area contributed by atoms with Crippen molar-refractivity contribution in [3.63, 3.8) is 0 Å². The third-order valence-electron chi connectivity index (χ3n) is 7.53. The molecule has 4 heterocycles. The molecule has 6 nitrogen and oxygen atoms in total. The fraction of sp³-hybridized carbons (Fsp3) is 0.345. The Morgan fingerprint density at radius 2 is 1.89 bits per heavy atom. The van der Waals surface area contributed by atoms with Gasteiger partial charge in [0.05, 0.1) is 11.2 Å². The Labute approximate surface area is 230 Å². The predicted octanol–water partition coefficient (Wildman–Crippen LogP) is 4.86. The Bertz CT molecular complexity index is 1410. The van der Waals surface area contributed by atoms with Crippen molar-refractivity contribution in [1.29, 1.82) is 0 Å². The van der Waals surface area contributed by atoms with Crippen molar-refractivity contribution in [3.05, 3.63) is 94.0 Å². The molecule has 1 fully saturated rings. The fourth-order valence-electron chi connectivity index (χ4n) is 5.63. The molecule has 1 saturated heterocycles. The van der Waals surface area contributed by atoms with Crippen LogP contribution in [0.15, 0.2) is 71.7 Å². The molecule has 196 valence electrons. The number of nitrogens with zero attached hydrogens (tertiary/aromatic N) is 3. The van der Waals surface area contributed by atoms with Crippen LogP contribution in [0, 0.1) is 0 Å². The molecule has 1 atom stereocenters. The first-order valence-corrected chi connectivity index (χ1v) is 12.6. The molecule has 0 aliphatic carbocycles. The topological polar surface area (TPSA) is 51.4 Å². The first-order valence-electron chi connectivity index (χ1n) is 12.6. The van der Waals surface area contributed by atoms with Crippen LogP contribution in [-0.4, -0.2) is 39.7 Å². The number of aromatic nitrogens is 2. The first-order chi connectivity index (χ1) is 17.2. The summed E-state index contributed by atoms with van der Waals surface area (Å²) in [4.78, 5) is 15.5. The number of fused-ring (bicyclic) bond motifs is 3. The molecule has 8 heteroatoms. The van der Waals surface area contributed by atoms with E-state index in [0.717, 1.165) is 43.9 Å². The summed E-state index contributed by atoms with van der Waals surface area (Å²) in [5.41, 5.74) is 5.91. The molecule has 0 spiro atoms. The lowest BCUT2D eigenvalue weighted by atomic mass is 10.0. The normalized spacial score (nSPS) is 17.2. The van der Waals surface area contributed by atoms with Gasteiger partial charge in [-0.15, -0.1) is 24.8 Å². The van der Waals surface area contributed by atoms with E-state index in [1.807, 2.05) is 42.6 Å². The van der Waals surface area contributed by atoms with Crippen molar-refractivity contribution < 1.29 is 4.74 Å². The maximum atomic E-state index is 12.9. The van der Waals surface area contributed by atoms with Gasteiger partial charge in [0.2, 0.25) is 0 Å². The van der Waals surface area contributed by atoms with Crippen molar-refractivity contribution in [3.8, 4) is 11.4 Å². The van der Waals surface area contributed by atoms with Gasteiger partial charge in [-0.3, -0.25) is 14.3 Å². The van der Waals surface area contributed by atoms with Crippen molar-refractivity contribution in [2.75, 3.05) is 19.6 Å². The van der Waals surface area contributed by atoms with Gasteiger partial charge >= 0.3 is 0 Å². The molecular formula is C29H34Cl2N4O2. The van der Waals surface area contributed by atoms with E-state index in [9.17, 15) is 4.79 Å². The highest BCUT2D eigenvalue weighted by Gasteiger charge is 2.25. The fourth-order valence-corrected chi connectivity index (χ4v) is 5.63. The highest BCUT2D eigenvalue weighted by molar-refractivity contribution is 5.87. The zero-order valence-electron chi connectivity index (χ0n) is 21.1. The van der Waals surface area contributed by atoms with Gasteiger partial charge in [-0.2, -0.15) is 0 Å². The first kappa shape index (κ1) is 27.3. The smallest absolute Gasteiger partial charge is 0.258 e. The van der Waals surface area contributed by atoms with Crippen LogP contribution in [0.5, 0.6) is 5.75 Å². The second-order valence-electron chi connectivity index (χ2n) is 9.81. The van der Waals surface area contributed by atoms with Crippen LogP contribution in [0.4, 0.5) is 0 Å². The lowest BCUT2D eigenvalue weighted by Crippen LogP contribution is -2.40. The van der Waals surface area contributed by atoms with Gasteiger partial charge in [-0.25, -0.2) is 0 Å². The summed E-state index contributed by atoms with van der Waals surface area (Å²) < 4.78 is 9.86. The van der Waals surface area contributed by atoms with E-state index < -0.39 is 0 Å². The van der Waals surface area contributed by atoms with Crippen LogP contribution in [0.3, 0.4) is 0 Å². The van der Waals surface area contributed by atoms with Crippen LogP contribution < -0.4 is 15.6 Å². The van der Waals surface area contributed by atoms with Gasteiger partial charge in [0.15, 0.2) is 0 Å². The summed E-state index contributed by atoms with van der Waals surface area (Å²) in [6, 6.07) is 20.4. The van der Waals surface area contributed by atoms with Gasteiger partial charge in [-0.05, 0) is 55.1 Å². The average Bonchev–Trinajstić information content (AvgIpc) is 3.49. The molecule has 1 N–H and O–H groups in total. The third-order valence-corrected chi connectivity index (χ3v) is 7.53. The molecule has 4 aromatic rings. The summed E-state index contributed by atoms with van der Waals surface area (Å²) in [6.07, 6.45) is 5.46. The number of aryl methyl sites for hydroxylation is 1. The summed E-state index contributed by atoms with van der Waals surface area (Å²) in [6.45, 7) is 4.82. The number of hydrogen-bond acceptors (Lipinski definition) is 4. The van der Waals surface area contributed by atoms with Crippen LogP contribution in [0.1, 0.15) is 29.7 Å². The van der Waals surface area contributed by atoms with Gasteiger partial charge in [0, 0.05) is 56.1 Å². The van der Waals surface area contributed by atoms with Crippen LogP contribution >= 0.6 is 24.8 Å². The number of rotatable bonds is 6. The zero-order chi connectivity index (χ0) is 23.8. The monoisotopic (exact) mass is 540 g/mol. The summed E-state index contributed by atoms with van der Waals surface area (Å²) in [5, 5.41) is 4.94. The minimum absolute atomic E-state index is 0. The molecule has 0 radical (unpaired) electrons. The second kappa shape index (κ2) is 11.7. The third kappa shape index (κ3) is 5.58. The van der Waals surface area contributed by atoms with E-state index in [1.54, 1.807) is 10.6 Å². The molecule has 0 saturated carbocycles. The van der Waals surface area contributed by atoms with Gasteiger partial charge < -0.3 is 14.6 Å². The Hall–Kier alpha value is -2.77. The van der Waals surface area contributed by atoms with Crippen molar-refractivity contribution in [2.45, 2.75) is 38.5 Å². The number of halogens is 2. The Morgan fingerprint density at radius 1 is 1.05 bits per heavy atom. The van der Waals surface area contributed by atoms with E-state index >= 15 is 0 Å². The molecule has 6 rings (SSSR count). The maximum absolute atomic E-state index is 12.9. The van der Waals surface area contributed by atoms with Crippen molar-refractivity contribution >= 4 is 35.7 Å². The summed E-state index contributed by atoms with van der Waals surface area (Å²) >= 11 is 0. The SMILES string of the molecule is Cl.Cl.Cn1c2c(c3ccc(-n4ccc(OCc5ccccc5)cc4=O)cc31)CCN(CC1CCCN1)C2. The van der Waals surface area contributed by atoms with Gasteiger partial charge in [0.1, 0.15) is 12.4 Å². The summed E-state index contributed by atoms with van der Waals surface area (Å²) in [5.74, 6) is 0.586. The molecule has 2 aromatic carbocycles. The minimum Gasteiger partial charge on any atom is -0.489 e. The Morgan fingerprint density at radius 3 is 2.65 bits per heavy atom. The molecule has 1 unspecified atom stereocenters. The molecule has 2 aliphatic heterocycles. The van der Waals surface area contributed by atoms with Gasteiger partial charge in [0.25, 0.3) is 5.56 Å². The van der Waals surface area contributed by atoms with E-state index in [4.69, 9.17) is 4.74 Å². The largest absolute Gasteiger partial charge is 0.489 e. The van der Waals surface area contributed by atoms with E-state index in [0.29, 0.717) is 18.4 Å². The Kier molecular flexibility index (Phi) is 8.65. The van der Waals surface area contributed by atoms with Crippen LogP contribution in [-0.2, 0) is 26.6 Å². The predicted molar refractivity (Wildman–Crippen MR) is 154 cm³/mol. The molecule has 2 aliphatic rings. The number of hydrogen-bond donors (Lipinski definition) is 1. The molecule has 2 aromatic heterocycles. The van der Waals surface area contributed by atoms with Crippen LogP contribution in [0.2, 0.25) is 0 Å². The molecular weight excluding hydrogens is 507 g/mol. The second-order valence-corrected chi connectivity index (χ2v) is 9.81. The molecule has 37 heavy (non-hydrogen) atoms. The lowest BCUT2D eigenvalue weighted by molar-refractivity contribution is 0.227. The quantitative estimate of drug-likeness (QED) is 0.379. The number of nitrogens with one attached hydrogen (secondary N) is 1. The van der Waals surface area contributed by atoms with Crippen molar-refractivity contribution in [2.24, 2.45) is 7.05 Å². The number of ether oxygens (including phenoxy) is 1. The van der Waals surface area contributed by atoms with Crippen molar-refractivity contribution in [1.82, 2.24) is 19.4 Å². The van der Waals surface area contributed by atoms with E-state index in [-0.39, 0.29) is 30.4 Å². The average molecular weight is 542 g/mol. The zero-order valence-corrected chi connectivity index (χ0v) is 22.7. The summed E-state index contributed by atoms with van der Waals surface area (Å²) in [7, 11) is 2.16. The van der Waals surface area contributed by atoms with Crippen LogP contribution in [0.25, 0.3) is 16.6 Å². The standard InChI is InChI=1S/C29H32N4O2.2ClH/c1-31-27-16-23(33-15-11-24(17-29(33)34)35-20-21-6-3-2-4-7-21)9-10-25(27)26-12-14-32(19-28(26)31)18-22-8-5-13-30-22;;/h2-4,6-7,9-11,15-17,22,30H,5,8,12-14,18-20H2,1H3;2*1H. The minimum atomic E-state index is -0.0934. The molecule has 0 bridgehead atoms. The molecule has 0 amide bonds. The number of benzene rings is 2. The Balaban J connectivity index is 0.00000160. The number of pyridine rings is 1.